The third kappa shape index (κ3) is 4.56. The van der Waals surface area contributed by atoms with Crippen LogP contribution in [0.3, 0.4) is 0 Å². The largest absolute Gasteiger partial charge is 0.501 e. The number of hydrogen-bond donors (Lipinski definition) is 1. The topological polar surface area (TPSA) is 68.3 Å². The molecule has 0 radical (unpaired) electrons. The Hall–Kier alpha value is -2.43. The molecule has 1 heterocycles. The predicted molar refractivity (Wildman–Crippen MR) is 77.9 cm³/mol. The Bertz CT molecular complexity index is 823. The number of anilines is 1. The maximum Gasteiger partial charge on any atom is 0.501 e. The molecule has 136 valence electrons. The van der Waals surface area contributed by atoms with E-state index in [1.165, 1.54) is 30.3 Å². The van der Waals surface area contributed by atoms with Crippen molar-refractivity contribution in [1.82, 2.24) is 4.98 Å². The van der Waals surface area contributed by atoms with Gasteiger partial charge in [-0.1, -0.05) is 12.1 Å². The van der Waals surface area contributed by atoms with Gasteiger partial charge in [0.15, 0.2) is 0 Å². The third-order valence-corrected chi connectivity index (χ3v) is 4.51. The lowest BCUT2D eigenvalue weighted by Crippen LogP contribution is -2.24. The lowest BCUT2D eigenvalue weighted by Gasteiger charge is -2.14. The number of nitrogens with one attached hydrogen (secondary N) is 1. The van der Waals surface area contributed by atoms with Crippen LogP contribution in [0.15, 0.2) is 47.5 Å². The molecule has 0 saturated carbocycles. The number of nitrogens with zero attached hydrogens (tertiary/aromatic N) is 1. The molecule has 0 aliphatic carbocycles. The van der Waals surface area contributed by atoms with Gasteiger partial charge >= 0.3 is 12.1 Å². The van der Waals surface area contributed by atoms with Crippen molar-refractivity contribution in [3.63, 3.8) is 0 Å². The van der Waals surface area contributed by atoms with Gasteiger partial charge in [-0.05, 0) is 24.3 Å². The number of alkyl halides is 5. The standard InChI is InChI=1S/C14H11F5N2O3S/c15-13(16)24-10-6-5-9(20-8-10)7-21-11-3-1-2-4-12(11)25(22,23)14(17,18)19/h1-6,8,13,21H,7H2. The minimum atomic E-state index is -5.52. The molecular weight excluding hydrogens is 371 g/mol. The Morgan fingerprint density at radius 2 is 1.80 bits per heavy atom. The molecule has 11 heteroatoms. The molecular formula is C14H11F5N2O3S. The van der Waals surface area contributed by atoms with Crippen LogP contribution in [0.1, 0.15) is 5.69 Å². The van der Waals surface area contributed by atoms with E-state index in [0.717, 1.165) is 12.3 Å². The summed E-state index contributed by atoms with van der Waals surface area (Å²) in [6.45, 7) is -3.13. The monoisotopic (exact) mass is 382 g/mol. The summed E-state index contributed by atoms with van der Waals surface area (Å²) < 4.78 is 89.4. The summed E-state index contributed by atoms with van der Waals surface area (Å²) in [5, 5.41) is 2.54. The second-order valence-electron chi connectivity index (χ2n) is 4.66. The van der Waals surface area contributed by atoms with E-state index in [1.54, 1.807) is 0 Å². The van der Waals surface area contributed by atoms with Crippen molar-refractivity contribution in [2.75, 3.05) is 5.32 Å². The molecule has 1 aromatic carbocycles. The molecule has 0 aliphatic rings. The van der Waals surface area contributed by atoms with E-state index in [-0.39, 0.29) is 23.7 Å². The molecule has 2 aromatic rings. The first kappa shape index (κ1) is 18.9. The Morgan fingerprint density at radius 3 is 2.36 bits per heavy atom. The van der Waals surface area contributed by atoms with Gasteiger partial charge < -0.3 is 10.1 Å². The molecule has 0 bridgehead atoms. The second-order valence-corrected chi connectivity index (χ2v) is 6.57. The van der Waals surface area contributed by atoms with Crippen LogP contribution >= 0.6 is 0 Å². The molecule has 0 spiro atoms. The van der Waals surface area contributed by atoms with Crippen molar-refractivity contribution in [3.05, 3.63) is 48.3 Å². The van der Waals surface area contributed by atoms with Crippen molar-refractivity contribution >= 4 is 15.5 Å². The molecule has 0 fully saturated rings. The maximum absolute atomic E-state index is 12.7. The van der Waals surface area contributed by atoms with E-state index >= 15 is 0 Å². The van der Waals surface area contributed by atoms with Crippen molar-refractivity contribution in [2.45, 2.75) is 23.6 Å². The highest BCUT2D eigenvalue weighted by Gasteiger charge is 2.47. The van der Waals surface area contributed by atoms with Crippen LogP contribution < -0.4 is 10.1 Å². The summed E-state index contributed by atoms with van der Waals surface area (Å²) in [7, 11) is -5.52. The van der Waals surface area contributed by atoms with Crippen LogP contribution in [-0.4, -0.2) is 25.5 Å². The van der Waals surface area contributed by atoms with E-state index < -0.39 is 26.9 Å². The average molecular weight is 382 g/mol. The summed E-state index contributed by atoms with van der Waals surface area (Å²) in [5.74, 6) is -0.182. The van der Waals surface area contributed by atoms with E-state index in [1.807, 2.05) is 0 Å². The van der Waals surface area contributed by atoms with E-state index in [2.05, 4.69) is 15.0 Å². The number of aromatic nitrogens is 1. The Balaban J connectivity index is 2.17. The van der Waals surface area contributed by atoms with Crippen LogP contribution in [0.2, 0.25) is 0 Å². The van der Waals surface area contributed by atoms with Gasteiger partial charge in [-0.3, -0.25) is 4.98 Å². The molecule has 0 unspecified atom stereocenters. The molecule has 1 N–H and O–H groups in total. The first-order chi connectivity index (χ1) is 11.6. The van der Waals surface area contributed by atoms with Crippen LogP contribution in [-0.2, 0) is 16.4 Å². The number of benzene rings is 1. The quantitative estimate of drug-likeness (QED) is 0.774. The van der Waals surface area contributed by atoms with Gasteiger partial charge in [-0.25, -0.2) is 8.42 Å². The lowest BCUT2D eigenvalue weighted by molar-refractivity contribution is -0.0501. The van der Waals surface area contributed by atoms with Crippen LogP contribution in [0.25, 0.3) is 0 Å². The Labute approximate surface area is 139 Å². The molecule has 0 aliphatic heterocycles. The fourth-order valence-electron chi connectivity index (χ4n) is 1.85. The lowest BCUT2D eigenvalue weighted by atomic mass is 10.3. The SMILES string of the molecule is O=S(=O)(c1ccccc1NCc1ccc(OC(F)F)cn1)C(F)(F)F. The number of hydrogen-bond acceptors (Lipinski definition) is 5. The number of ether oxygens (including phenoxy) is 1. The first-order valence-corrected chi connectivity index (χ1v) is 8.13. The highest BCUT2D eigenvalue weighted by atomic mass is 32.2. The Morgan fingerprint density at radius 1 is 1.12 bits per heavy atom. The zero-order valence-corrected chi connectivity index (χ0v) is 13.1. The van der Waals surface area contributed by atoms with Crippen LogP contribution in [0.5, 0.6) is 5.75 Å². The molecule has 25 heavy (non-hydrogen) atoms. The number of pyridine rings is 1. The van der Waals surface area contributed by atoms with Gasteiger partial charge in [0.2, 0.25) is 0 Å². The first-order valence-electron chi connectivity index (χ1n) is 6.65. The van der Waals surface area contributed by atoms with Crippen molar-refractivity contribution in [3.8, 4) is 5.75 Å². The molecule has 0 amide bonds. The Kier molecular flexibility index (Phi) is 5.45. The number of halogens is 5. The summed E-state index contributed by atoms with van der Waals surface area (Å²) in [5.41, 5.74) is -5.41. The van der Waals surface area contributed by atoms with Crippen LogP contribution in [0.4, 0.5) is 27.6 Å². The predicted octanol–water partition coefficient (Wildman–Crippen LogP) is 3.59. The third-order valence-electron chi connectivity index (χ3n) is 2.96. The summed E-state index contributed by atoms with van der Waals surface area (Å²) in [4.78, 5) is 2.88. The fourth-order valence-corrected chi connectivity index (χ4v) is 2.78. The average Bonchev–Trinajstić information content (AvgIpc) is 2.53. The van der Waals surface area contributed by atoms with Crippen LogP contribution in [0, 0.1) is 0 Å². The van der Waals surface area contributed by atoms with Crippen molar-refractivity contribution in [2.24, 2.45) is 0 Å². The van der Waals surface area contributed by atoms with Gasteiger partial charge in [-0.2, -0.15) is 22.0 Å². The van der Waals surface area contributed by atoms with E-state index in [4.69, 9.17) is 0 Å². The molecule has 0 atom stereocenters. The minimum absolute atomic E-state index is 0.126. The zero-order valence-electron chi connectivity index (χ0n) is 12.3. The molecule has 0 saturated heterocycles. The normalized spacial score (nSPS) is 12.2. The van der Waals surface area contributed by atoms with E-state index in [0.29, 0.717) is 0 Å². The van der Waals surface area contributed by atoms with Gasteiger partial charge in [0.05, 0.1) is 29.0 Å². The highest BCUT2D eigenvalue weighted by Crippen LogP contribution is 2.34. The summed E-state index contributed by atoms with van der Waals surface area (Å²) in [6, 6.07) is 7.05. The maximum atomic E-state index is 12.7. The number of rotatable bonds is 6. The number of para-hydroxylation sites is 1. The smallest absolute Gasteiger partial charge is 0.433 e. The van der Waals surface area contributed by atoms with E-state index in [9.17, 15) is 30.4 Å². The van der Waals surface area contributed by atoms with Gasteiger partial charge in [-0.15, -0.1) is 0 Å². The van der Waals surface area contributed by atoms with Crippen molar-refractivity contribution < 1.29 is 35.1 Å². The molecule has 5 nitrogen and oxygen atoms in total. The van der Waals surface area contributed by atoms with Gasteiger partial charge in [0.1, 0.15) is 5.75 Å². The van der Waals surface area contributed by atoms with Gasteiger partial charge in [0, 0.05) is 0 Å². The minimum Gasteiger partial charge on any atom is -0.433 e. The summed E-state index contributed by atoms with van der Waals surface area (Å²) in [6.07, 6.45) is 1.02. The van der Waals surface area contributed by atoms with Crippen molar-refractivity contribution in [1.29, 1.82) is 0 Å². The highest BCUT2D eigenvalue weighted by molar-refractivity contribution is 7.92. The van der Waals surface area contributed by atoms with Gasteiger partial charge in [0.25, 0.3) is 9.84 Å². The number of sulfone groups is 1. The zero-order chi connectivity index (χ0) is 18.7. The second kappa shape index (κ2) is 7.21. The summed E-state index contributed by atoms with van der Waals surface area (Å²) >= 11 is 0. The molecule has 2 rings (SSSR count). The fraction of sp³-hybridized carbons (Fsp3) is 0.214. The molecule has 1 aromatic heterocycles.